The maximum absolute atomic E-state index is 14.3. The summed E-state index contributed by atoms with van der Waals surface area (Å²) in [7, 11) is 5.31. The molecule has 0 unspecified atom stereocenters. The summed E-state index contributed by atoms with van der Waals surface area (Å²) in [6.45, 7) is 17.3. The van der Waals surface area contributed by atoms with Crippen molar-refractivity contribution in [1.29, 1.82) is 0 Å². The molecule has 2 saturated heterocycles. The predicted molar refractivity (Wildman–Crippen MR) is 262 cm³/mol. The van der Waals surface area contributed by atoms with Crippen molar-refractivity contribution >= 4 is 17.5 Å². The minimum absolute atomic E-state index is 0.179. The van der Waals surface area contributed by atoms with Crippen molar-refractivity contribution < 1.29 is 53.4 Å². The van der Waals surface area contributed by atoms with Crippen molar-refractivity contribution in [1.82, 2.24) is 15.5 Å². The maximum Gasteiger partial charge on any atom is 0.316 e. The zero-order valence-electron chi connectivity index (χ0n) is 42.7. The normalized spacial score (nSPS) is 36.3. The highest BCUT2D eigenvalue weighted by Gasteiger charge is 2.51. The Morgan fingerprint density at radius 2 is 1.53 bits per heavy atom. The Labute approximate surface area is 406 Å². The number of Topliss-reactive ketones (excluding diaryl/α,β-unsaturated/α-hetero) is 1. The van der Waals surface area contributed by atoms with Crippen LogP contribution in [0.2, 0.25) is 0 Å². The van der Waals surface area contributed by atoms with Crippen LogP contribution in [0.25, 0.3) is 0 Å². The summed E-state index contributed by atoms with van der Waals surface area (Å²) >= 11 is 0. The summed E-state index contributed by atoms with van der Waals surface area (Å²) in [5.41, 5.74) is -1.48. The highest BCUT2D eigenvalue weighted by atomic mass is 16.7. The number of esters is 1. The van der Waals surface area contributed by atoms with Gasteiger partial charge in [-0.25, -0.2) is 0 Å². The summed E-state index contributed by atoms with van der Waals surface area (Å²) in [5, 5.41) is 47.2. The number of para-hydroxylation sites is 1. The lowest BCUT2D eigenvalue weighted by Crippen LogP contribution is -2.60. The van der Waals surface area contributed by atoms with Gasteiger partial charge in [0.1, 0.15) is 41.8 Å². The number of ketones is 1. The van der Waals surface area contributed by atoms with E-state index in [1.807, 2.05) is 82.2 Å². The smallest absolute Gasteiger partial charge is 0.316 e. The number of nitrogens with one attached hydrogen (secondary N) is 2. The maximum atomic E-state index is 14.3. The molecule has 5 rings (SSSR count). The Balaban J connectivity index is 1.22. The quantitative estimate of drug-likeness (QED) is 0.0500. The van der Waals surface area contributed by atoms with Crippen molar-refractivity contribution in [3.63, 3.8) is 0 Å². The van der Waals surface area contributed by atoms with E-state index in [4.69, 9.17) is 28.5 Å². The molecule has 3 fully saturated rings. The first-order valence-electron chi connectivity index (χ1n) is 25.1. The SMILES string of the molecule is CC[C@H]1OC(=O)[C@H](C)C(=O)[C@H](C)[C@@H](O[C@@H]2O[C@H](C)C[C@H](N(C)C)[C@H]2O)[C@@](C)(OC)C[C@@H](C)/C(=N\OCCNCC2CCC(CNCc3cccc(Oc4ccccc4)c3)CC2)[C@H](C)[C@@H](O)[C@]1(C)O. The van der Waals surface area contributed by atoms with Crippen LogP contribution < -0.4 is 15.4 Å². The first-order valence-corrected chi connectivity index (χ1v) is 25.1. The van der Waals surface area contributed by atoms with Gasteiger partial charge in [-0.2, -0.15) is 0 Å². The van der Waals surface area contributed by atoms with Crippen LogP contribution >= 0.6 is 0 Å². The van der Waals surface area contributed by atoms with E-state index in [0.29, 0.717) is 30.5 Å². The average molecular weight is 953 g/mol. The second kappa shape index (κ2) is 25.6. The number of nitrogens with zero attached hydrogens (tertiary/aromatic N) is 2. The number of aliphatic hydroxyl groups is 3. The van der Waals surface area contributed by atoms with E-state index in [1.165, 1.54) is 39.4 Å². The van der Waals surface area contributed by atoms with Crippen LogP contribution in [0.3, 0.4) is 0 Å². The topological polar surface area (TPSA) is 190 Å². The van der Waals surface area contributed by atoms with E-state index in [-0.39, 0.29) is 31.6 Å². The number of methoxy groups -OCH3 is 1. The number of carbonyl (C=O) groups is 2. The molecule has 2 aliphatic heterocycles. The molecule has 0 radical (unpaired) electrons. The van der Waals surface area contributed by atoms with E-state index in [2.05, 4.69) is 27.9 Å². The summed E-state index contributed by atoms with van der Waals surface area (Å²) in [6.07, 6.45) is -0.362. The van der Waals surface area contributed by atoms with E-state index < -0.39 is 77.3 Å². The number of benzene rings is 2. The van der Waals surface area contributed by atoms with Crippen molar-refractivity contribution in [2.24, 2.45) is 40.7 Å². The standard InChI is InChI=1S/C53H84N4O11/c1-12-44-53(8,62)48(60)35(4)45(33(2)29-52(7,63-11)49(36(5)46(58)37(6)50(61)67-44)68-51-47(59)43(57(9)10)27-34(3)65-51)56-64-26-25-54-30-38-21-23-39(24-22-38)31-55-32-40-17-16-20-42(28-40)66-41-18-14-13-15-19-41/h13-20,28,33-39,43-44,47-49,51,54-55,59-60,62H,12,21-27,29-32H2,1-11H3/b56-45+/t33-,34-,35+,36+,37-,38?,39?,43+,44-,47-,48-,49-,51+,52+,53-/m1/s1. The number of hydrogen-bond donors (Lipinski definition) is 5. The Morgan fingerprint density at radius 3 is 2.16 bits per heavy atom. The second-order valence-corrected chi connectivity index (χ2v) is 20.6. The predicted octanol–water partition coefficient (Wildman–Crippen LogP) is 6.50. The number of cyclic esters (lactones) is 1. The highest BCUT2D eigenvalue weighted by Crippen LogP contribution is 2.39. The third-order valence-electron chi connectivity index (χ3n) is 14.9. The van der Waals surface area contributed by atoms with Gasteiger partial charge in [0.2, 0.25) is 0 Å². The molecule has 13 atom stereocenters. The molecule has 2 heterocycles. The van der Waals surface area contributed by atoms with Gasteiger partial charge in [-0.1, -0.05) is 63.2 Å². The fourth-order valence-electron chi connectivity index (χ4n) is 10.6. The lowest BCUT2D eigenvalue weighted by molar-refractivity contribution is -0.295. The lowest BCUT2D eigenvalue weighted by atomic mass is 9.74. The van der Waals surface area contributed by atoms with Gasteiger partial charge in [-0.05, 0) is 141 Å². The largest absolute Gasteiger partial charge is 0.459 e. The Kier molecular flexibility index (Phi) is 20.8. The minimum atomic E-state index is -1.91. The first-order chi connectivity index (χ1) is 32.3. The summed E-state index contributed by atoms with van der Waals surface area (Å²) in [6, 6.07) is 17.8. The van der Waals surface area contributed by atoms with Crippen LogP contribution in [0.5, 0.6) is 11.5 Å². The highest BCUT2D eigenvalue weighted by molar-refractivity contribution is 6.00. The fourth-order valence-corrected chi connectivity index (χ4v) is 10.6. The molecule has 0 amide bonds. The number of hydrogen-bond acceptors (Lipinski definition) is 15. The number of oxime groups is 1. The van der Waals surface area contributed by atoms with Crippen LogP contribution in [0, 0.1) is 35.5 Å². The number of ether oxygens (including phenoxy) is 5. The molecule has 2 aromatic carbocycles. The van der Waals surface area contributed by atoms with Gasteiger partial charge in [-0.3, -0.25) is 9.59 Å². The molecular weight excluding hydrogens is 869 g/mol. The van der Waals surface area contributed by atoms with Crippen molar-refractivity contribution in [3.8, 4) is 11.5 Å². The number of carbonyl (C=O) groups excluding carboxylic acids is 2. The van der Waals surface area contributed by atoms with Gasteiger partial charge in [-0.15, -0.1) is 0 Å². The molecule has 68 heavy (non-hydrogen) atoms. The van der Waals surface area contributed by atoms with Crippen molar-refractivity contribution in [2.75, 3.05) is 47.4 Å². The van der Waals surface area contributed by atoms with E-state index in [9.17, 15) is 24.9 Å². The van der Waals surface area contributed by atoms with Gasteiger partial charge in [0, 0.05) is 44.0 Å². The summed E-state index contributed by atoms with van der Waals surface area (Å²) in [5.74, 6) is -1.81. The summed E-state index contributed by atoms with van der Waals surface area (Å²) < 4.78 is 31.0. The Morgan fingerprint density at radius 1 is 0.882 bits per heavy atom. The first kappa shape index (κ1) is 55.4. The second-order valence-electron chi connectivity index (χ2n) is 20.6. The molecule has 1 aliphatic carbocycles. The van der Waals surface area contributed by atoms with Crippen LogP contribution in [0.4, 0.5) is 0 Å². The molecule has 2 aromatic rings. The van der Waals surface area contributed by atoms with Crippen LogP contribution in [0.1, 0.15) is 106 Å². The van der Waals surface area contributed by atoms with E-state index in [0.717, 1.165) is 44.0 Å². The minimum Gasteiger partial charge on any atom is -0.459 e. The zero-order chi connectivity index (χ0) is 49.8. The van der Waals surface area contributed by atoms with Gasteiger partial charge in [0.25, 0.3) is 0 Å². The number of rotatable bonds is 17. The molecule has 5 N–H and O–H groups in total. The monoisotopic (exact) mass is 953 g/mol. The number of likely N-dealkylation sites (N-methyl/N-ethyl adjacent to an activating group) is 1. The van der Waals surface area contributed by atoms with Gasteiger partial charge < -0.3 is 59.4 Å². The fraction of sp³-hybridized carbons (Fsp3) is 0.717. The third kappa shape index (κ3) is 14.5. The molecule has 15 nitrogen and oxygen atoms in total. The lowest BCUT2D eigenvalue weighted by Gasteiger charge is -2.47. The van der Waals surface area contributed by atoms with E-state index >= 15 is 0 Å². The Hall–Kier alpha value is -3.51. The third-order valence-corrected chi connectivity index (χ3v) is 14.9. The van der Waals surface area contributed by atoms with Crippen LogP contribution in [-0.4, -0.2) is 139 Å². The Bertz CT molecular complexity index is 1890. The molecule has 3 aliphatic rings. The van der Waals surface area contributed by atoms with Gasteiger partial charge >= 0.3 is 5.97 Å². The molecule has 1 saturated carbocycles. The number of aliphatic hydroxyl groups excluding tert-OH is 2. The van der Waals surface area contributed by atoms with Crippen molar-refractivity contribution in [3.05, 3.63) is 60.2 Å². The molecule has 0 aromatic heterocycles. The van der Waals surface area contributed by atoms with Crippen LogP contribution in [0.15, 0.2) is 59.8 Å². The van der Waals surface area contributed by atoms with Gasteiger partial charge in [0.05, 0.1) is 29.6 Å². The van der Waals surface area contributed by atoms with Crippen LogP contribution in [-0.2, 0) is 39.9 Å². The van der Waals surface area contributed by atoms with Crippen molar-refractivity contribution in [2.45, 2.75) is 161 Å². The molecular formula is C53H84N4O11. The average Bonchev–Trinajstić information content (AvgIpc) is 3.32. The molecule has 382 valence electrons. The van der Waals surface area contributed by atoms with E-state index in [1.54, 1.807) is 20.8 Å². The molecule has 0 bridgehead atoms. The zero-order valence-corrected chi connectivity index (χ0v) is 42.7. The molecule has 15 heteroatoms. The molecule has 0 spiro atoms. The summed E-state index contributed by atoms with van der Waals surface area (Å²) in [4.78, 5) is 35.9. The van der Waals surface area contributed by atoms with Gasteiger partial charge in [0.15, 0.2) is 12.1 Å².